The van der Waals surface area contributed by atoms with Crippen molar-refractivity contribution < 1.29 is 0 Å². The van der Waals surface area contributed by atoms with Gasteiger partial charge in [-0.1, -0.05) is 49.1 Å². The summed E-state index contributed by atoms with van der Waals surface area (Å²) in [4.78, 5) is 2.61. The Hall–Kier alpha value is -0.643. The maximum atomic E-state index is 3.49. The van der Waals surface area contributed by atoms with Crippen molar-refractivity contribution in [1.82, 2.24) is 10.2 Å². The third-order valence-electron chi connectivity index (χ3n) is 4.20. The largest absolute Gasteiger partial charge is 0.314 e. The molecule has 3 heteroatoms. The van der Waals surface area contributed by atoms with E-state index in [0.717, 1.165) is 19.6 Å². The lowest BCUT2D eigenvalue weighted by Gasteiger charge is -2.39. The van der Waals surface area contributed by atoms with Crippen LogP contribution in [0.25, 0.3) is 0 Å². The van der Waals surface area contributed by atoms with Gasteiger partial charge >= 0.3 is 0 Å². The Kier molecular flexibility index (Phi) is 4.49. The quantitative estimate of drug-likeness (QED) is 0.853. The van der Waals surface area contributed by atoms with Crippen LogP contribution in [-0.2, 0) is 6.54 Å². The fourth-order valence-electron chi connectivity index (χ4n) is 2.80. The highest BCUT2D eigenvalue weighted by molar-refractivity contribution is 6.88. The minimum absolute atomic E-state index is 0.625. The number of rotatable bonds is 3. The van der Waals surface area contributed by atoms with Crippen molar-refractivity contribution >= 4 is 13.3 Å². The molecule has 0 aliphatic carbocycles. The minimum Gasteiger partial charge on any atom is -0.314 e. The third kappa shape index (κ3) is 3.68. The average Bonchev–Trinajstić information content (AvgIpc) is 2.33. The highest BCUT2D eigenvalue weighted by Crippen LogP contribution is 2.15. The first-order valence-corrected chi connectivity index (χ1v) is 10.9. The number of nitrogens with one attached hydrogen (secondary N) is 1. The summed E-state index contributed by atoms with van der Waals surface area (Å²) in [6.45, 7) is 15.1. The van der Waals surface area contributed by atoms with Gasteiger partial charge in [-0.05, 0) is 19.4 Å². The summed E-state index contributed by atoms with van der Waals surface area (Å²) in [5, 5.41) is 5.05. The lowest BCUT2D eigenvalue weighted by molar-refractivity contribution is 0.109. The Bertz CT molecular complexity index is 398. The highest BCUT2D eigenvalue weighted by Gasteiger charge is 2.24. The number of benzene rings is 1. The Morgan fingerprint density at radius 3 is 2.05 bits per heavy atom. The van der Waals surface area contributed by atoms with Crippen LogP contribution in [0.1, 0.15) is 19.4 Å². The Morgan fingerprint density at radius 1 is 1.05 bits per heavy atom. The van der Waals surface area contributed by atoms with E-state index >= 15 is 0 Å². The summed E-state index contributed by atoms with van der Waals surface area (Å²) >= 11 is 0. The zero-order chi connectivity index (χ0) is 14.0. The van der Waals surface area contributed by atoms with E-state index in [2.05, 4.69) is 68.0 Å². The van der Waals surface area contributed by atoms with E-state index in [1.807, 2.05) is 0 Å². The third-order valence-corrected chi connectivity index (χ3v) is 6.26. The van der Waals surface area contributed by atoms with Gasteiger partial charge in [0.1, 0.15) is 0 Å². The van der Waals surface area contributed by atoms with Crippen LogP contribution >= 0.6 is 0 Å². The molecule has 1 aromatic rings. The molecule has 1 fully saturated rings. The second-order valence-corrected chi connectivity index (χ2v) is 12.1. The van der Waals surface area contributed by atoms with E-state index in [9.17, 15) is 0 Å². The van der Waals surface area contributed by atoms with Crippen molar-refractivity contribution in [3.05, 3.63) is 29.8 Å². The summed E-state index contributed by atoms with van der Waals surface area (Å²) in [6.07, 6.45) is 0. The second-order valence-electron chi connectivity index (χ2n) is 6.98. The molecule has 0 spiro atoms. The molecule has 2 rings (SSSR count). The van der Waals surface area contributed by atoms with Crippen LogP contribution in [0.5, 0.6) is 0 Å². The van der Waals surface area contributed by atoms with Gasteiger partial charge in [-0.3, -0.25) is 4.90 Å². The first-order chi connectivity index (χ1) is 8.88. The predicted molar refractivity (Wildman–Crippen MR) is 86.8 cm³/mol. The molecule has 0 radical (unpaired) electrons. The fourth-order valence-corrected chi connectivity index (χ4v) is 3.97. The molecule has 1 heterocycles. The fraction of sp³-hybridized carbons (Fsp3) is 0.625. The minimum atomic E-state index is -1.16. The summed E-state index contributed by atoms with van der Waals surface area (Å²) in [7, 11) is -1.16. The van der Waals surface area contributed by atoms with Gasteiger partial charge in [-0.15, -0.1) is 0 Å². The molecular weight excluding hydrogens is 248 g/mol. The van der Waals surface area contributed by atoms with Crippen LogP contribution in [0.4, 0.5) is 0 Å². The first-order valence-electron chi connectivity index (χ1n) is 7.44. The van der Waals surface area contributed by atoms with E-state index < -0.39 is 8.07 Å². The molecule has 2 nitrogen and oxygen atoms in total. The molecule has 0 amide bonds. The van der Waals surface area contributed by atoms with Crippen molar-refractivity contribution in [2.24, 2.45) is 0 Å². The standard InChI is InChI=1S/C16H28N2Si/c1-13-10-17-11-14(2)18(13)12-15-6-8-16(9-7-15)19(3,4)5/h6-9,13-14,17H,10-12H2,1-5H3. The molecule has 1 saturated heterocycles. The van der Waals surface area contributed by atoms with Crippen LogP contribution in [0.2, 0.25) is 19.6 Å². The van der Waals surface area contributed by atoms with E-state index in [0.29, 0.717) is 12.1 Å². The smallest absolute Gasteiger partial charge is 0.0775 e. The molecule has 1 aliphatic rings. The normalized spacial score (nSPS) is 25.5. The van der Waals surface area contributed by atoms with E-state index in [4.69, 9.17) is 0 Å². The molecule has 0 aromatic heterocycles. The second kappa shape index (κ2) is 5.78. The molecule has 1 N–H and O–H groups in total. The van der Waals surface area contributed by atoms with Gasteiger partial charge in [0.25, 0.3) is 0 Å². The molecule has 1 aromatic carbocycles. The SMILES string of the molecule is CC1CNCC(C)N1Cc1ccc([Si](C)(C)C)cc1. The van der Waals surface area contributed by atoms with Crippen molar-refractivity contribution in [2.45, 2.75) is 52.1 Å². The topological polar surface area (TPSA) is 15.3 Å². The zero-order valence-corrected chi connectivity index (χ0v) is 14.0. The van der Waals surface area contributed by atoms with Crippen LogP contribution in [-0.4, -0.2) is 38.1 Å². The van der Waals surface area contributed by atoms with Crippen LogP contribution < -0.4 is 10.5 Å². The van der Waals surface area contributed by atoms with Crippen LogP contribution in [0, 0.1) is 0 Å². The van der Waals surface area contributed by atoms with Crippen molar-refractivity contribution in [3.8, 4) is 0 Å². The number of nitrogens with zero attached hydrogens (tertiary/aromatic N) is 1. The van der Waals surface area contributed by atoms with E-state index in [1.54, 1.807) is 5.19 Å². The van der Waals surface area contributed by atoms with Crippen LogP contribution in [0.3, 0.4) is 0 Å². The highest BCUT2D eigenvalue weighted by atomic mass is 28.3. The van der Waals surface area contributed by atoms with Gasteiger partial charge in [0.15, 0.2) is 0 Å². The summed E-state index contributed by atoms with van der Waals surface area (Å²) in [5.74, 6) is 0. The van der Waals surface area contributed by atoms with Crippen molar-refractivity contribution in [2.75, 3.05) is 13.1 Å². The van der Waals surface area contributed by atoms with Crippen molar-refractivity contribution in [3.63, 3.8) is 0 Å². The van der Waals surface area contributed by atoms with Gasteiger partial charge in [-0.2, -0.15) is 0 Å². The Balaban J connectivity index is 2.07. The van der Waals surface area contributed by atoms with Gasteiger partial charge in [0, 0.05) is 31.7 Å². The summed E-state index contributed by atoms with van der Waals surface area (Å²) < 4.78 is 0. The molecule has 19 heavy (non-hydrogen) atoms. The number of piperazine rings is 1. The molecule has 1 aliphatic heterocycles. The summed E-state index contributed by atoms with van der Waals surface area (Å²) in [6, 6.07) is 10.6. The van der Waals surface area contributed by atoms with Crippen LogP contribution in [0.15, 0.2) is 24.3 Å². The van der Waals surface area contributed by atoms with Gasteiger partial charge in [0.05, 0.1) is 8.07 Å². The lowest BCUT2D eigenvalue weighted by atomic mass is 10.1. The molecule has 0 bridgehead atoms. The lowest BCUT2D eigenvalue weighted by Crippen LogP contribution is -2.54. The predicted octanol–water partition coefficient (Wildman–Crippen LogP) is 2.41. The van der Waals surface area contributed by atoms with Crippen molar-refractivity contribution in [1.29, 1.82) is 0 Å². The zero-order valence-electron chi connectivity index (χ0n) is 13.0. The molecule has 2 unspecified atom stereocenters. The number of hydrogen-bond acceptors (Lipinski definition) is 2. The Morgan fingerprint density at radius 2 is 1.58 bits per heavy atom. The monoisotopic (exact) mass is 276 g/mol. The van der Waals surface area contributed by atoms with Gasteiger partial charge in [-0.25, -0.2) is 0 Å². The average molecular weight is 276 g/mol. The molecule has 2 atom stereocenters. The number of hydrogen-bond donors (Lipinski definition) is 1. The summed E-state index contributed by atoms with van der Waals surface area (Å²) in [5.41, 5.74) is 1.45. The first kappa shape index (κ1) is 14.8. The Labute approximate surface area is 119 Å². The maximum absolute atomic E-state index is 3.49. The molecule has 106 valence electrons. The van der Waals surface area contributed by atoms with E-state index in [-0.39, 0.29) is 0 Å². The van der Waals surface area contributed by atoms with Gasteiger partial charge in [0.2, 0.25) is 0 Å². The maximum Gasteiger partial charge on any atom is 0.0775 e. The molecular formula is C16H28N2Si. The van der Waals surface area contributed by atoms with E-state index in [1.165, 1.54) is 5.56 Å². The molecule has 0 saturated carbocycles. The van der Waals surface area contributed by atoms with Gasteiger partial charge < -0.3 is 5.32 Å².